The van der Waals surface area contributed by atoms with E-state index in [1.54, 1.807) is 13.3 Å². The molecule has 0 saturated heterocycles. The normalized spacial score (nSPS) is 10.8. The molecule has 0 aliphatic heterocycles. The monoisotopic (exact) mass is 182 g/mol. The van der Waals surface area contributed by atoms with Crippen molar-refractivity contribution in [2.75, 3.05) is 7.11 Å². The molecule has 0 aliphatic rings. The number of ether oxygens (including phenoxy) is 1. The molecule has 0 saturated carbocycles. The van der Waals surface area contributed by atoms with Gasteiger partial charge in [0.2, 0.25) is 0 Å². The predicted molar refractivity (Wildman–Crippen MR) is 48.7 cm³/mol. The third-order valence-corrected chi connectivity index (χ3v) is 1.82. The number of hydrogen-bond donors (Lipinski definition) is 0. The Hall–Kier alpha value is -1.16. The molecular formula is C9H14N2O2. The fraction of sp³-hybridized carbons (Fsp3) is 0.556. The first-order valence-electron chi connectivity index (χ1n) is 4.21. The van der Waals surface area contributed by atoms with Crippen molar-refractivity contribution in [1.29, 1.82) is 0 Å². The van der Waals surface area contributed by atoms with Crippen molar-refractivity contribution in [2.24, 2.45) is 0 Å². The first-order valence-corrected chi connectivity index (χ1v) is 4.21. The molecule has 0 bridgehead atoms. The fourth-order valence-corrected chi connectivity index (χ4v) is 1.35. The van der Waals surface area contributed by atoms with Crippen molar-refractivity contribution in [3.63, 3.8) is 0 Å². The maximum absolute atomic E-state index is 10.6. The highest BCUT2D eigenvalue weighted by Crippen LogP contribution is 2.12. The van der Waals surface area contributed by atoms with Gasteiger partial charge in [0.15, 0.2) is 12.1 Å². The lowest BCUT2D eigenvalue weighted by Crippen LogP contribution is -2.09. The van der Waals surface area contributed by atoms with Gasteiger partial charge >= 0.3 is 0 Å². The quantitative estimate of drug-likeness (QED) is 0.661. The largest absolute Gasteiger partial charge is 0.378 e. The summed E-state index contributed by atoms with van der Waals surface area (Å²) in [6.45, 7) is 4.50. The van der Waals surface area contributed by atoms with Crippen molar-refractivity contribution in [1.82, 2.24) is 9.55 Å². The van der Waals surface area contributed by atoms with Crippen LogP contribution in [0.3, 0.4) is 0 Å². The summed E-state index contributed by atoms with van der Waals surface area (Å²) in [5.41, 5.74) is 0.930. The van der Waals surface area contributed by atoms with Gasteiger partial charge in [-0.25, -0.2) is 4.98 Å². The molecule has 1 rings (SSSR count). The van der Waals surface area contributed by atoms with Gasteiger partial charge in [0.1, 0.15) is 0 Å². The molecule has 0 spiro atoms. The average molecular weight is 182 g/mol. The highest BCUT2D eigenvalue weighted by molar-refractivity contribution is 5.69. The zero-order valence-corrected chi connectivity index (χ0v) is 8.15. The van der Waals surface area contributed by atoms with Crippen molar-refractivity contribution in [2.45, 2.75) is 26.5 Å². The van der Waals surface area contributed by atoms with E-state index in [9.17, 15) is 4.79 Å². The number of carbonyl (C=O) groups is 1. The topological polar surface area (TPSA) is 44.1 Å². The molecule has 0 atom stereocenters. The smallest absolute Gasteiger partial charge is 0.185 e. The Morgan fingerprint density at radius 1 is 1.69 bits per heavy atom. The van der Waals surface area contributed by atoms with Gasteiger partial charge in [0.05, 0.1) is 18.5 Å². The summed E-state index contributed by atoms with van der Waals surface area (Å²) in [5.74, 6) is 0.460. The minimum atomic E-state index is 0.229. The zero-order valence-electron chi connectivity index (χ0n) is 8.15. The lowest BCUT2D eigenvalue weighted by Gasteiger charge is -2.12. The maximum Gasteiger partial charge on any atom is 0.185 e. The van der Waals surface area contributed by atoms with E-state index in [4.69, 9.17) is 4.74 Å². The standard InChI is InChI=1S/C9H14N2O2/c1-7(2)11-8(6-13-3)4-10-9(11)5-12/h4-5,7H,6H2,1-3H3. The maximum atomic E-state index is 10.6. The fourth-order valence-electron chi connectivity index (χ4n) is 1.35. The molecule has 72 valence electrons. The third kappa shape index (κ3) is 1.95. The van der Waals surface area contributed by atoms with Gasteiger partial charge in [-0.05, 0) is 13.8 Å². The van der Waals surface area contributed by atoms with E-state index < -0.39 is 0 Å². The van der Waals surface area contributed by atoms with Crippen LogP contribution >= 0.6 is 0 Å². The van der Waals surface area contributed by atoms with Crippen LogP contribution in [0.1, 0.15) is 36.2 Å². The van der Waals surface area contributed by atoms with Crippen LogP contribution in [0.5, 0.6) is 0 Å². The number of methoxy groups -OCH3 is 1. The first-order chi connectivity index (χ1) is 6.20. The number of aromatic nitrogens is 2. The molecule has 1 aromatic rings. The summed E-state index contributed by atoms with van der Waals surface area (Å²) in [5, 5.41) is 0. The summed E-state index contributed by atoms with van der Waals surface area (Å²) < 4.78 is 6.87. The summed E-state index contributed by atoms with van der Waals surface area (Å²) in [4.78, 5) is 14.6. The highest BCUT2D eigenvalue weighted by atomic mass is 16.5. The Labute approximate surface area is 77.5 Å². The van der Waals surface area contributed by atoms with Crippen molar-refractivity contribution < 1.29 is 9.53 Å². The molecule has 0 radical (unpaired) electrons. The van der Waals surface area contributed by atoms with Crippen LogP contribution < -0.4 is 0 Å². The highest BCUT2D eigenvalue weighted by Gasteiger charge is 2.11. The van der Waals surface area contributed by atoms with Crippen molar-refractivity contribution >= 4 is 6.29 Å². The molecular weight excluding hydrogens is 168 g/mol. The molecule has 0 fully saturated rings. The van der Waals surface area contributed by atoms with Crippen molar-refractivity contribution in [3.8, 4) is 0 Å². The molecule has 0 aromatic carbocycles. The minimum Gasteiger partial charge on any atom is -0.378 e. The number of carbonyl (C=O) groups excluding carboxylic acids is 1. The van der Waals surface area contributed by atoms with Crippen molar-refractivity contribution in [3.05, 3.63) is 17.7 Å². The number of aldehydes is 1. The molecule has 4 heteroatoms. The van der Waals surface area contributed by atoms with E-state index in [1.165, 1.54) is 0 Å². The second-order valence-corrected chi connectivity index (χ2v) is 3.12. The lowest BCUT2D eigenvalue weighted by atomic mass is 10.3. The molecule has 0 N–H and O–H groups in total. The van der Waals surface area contributed by atoms with Gasteiger partial charge in [-0.3, -0.25) is 4.79 Å². The molecule has 13 heavy (non-hydrogen) atoms. The van der Waals surface area contributed by atoms with Gasteiger partial charge < -0.3 is 9.30 Å². The SMILES string of the molecule is COCc1cnc(C=O)n1C(C)C. The summed E-state index contributed by atoms with van der Waals surface area (Å²) in [6, 6.07) is 0.229. The van der Waals surface area contributed by atoms with E-state index in [2.05, 4.69) is 4.98 Å². The van der Waals surface area contributed by atoms with Crippen LogP contribution in [0, 0.1) is 0 Å². The summed E-state index contributed by atoms with van der Waals surface area (Å²) in [7, 11) is 1.62. The van der Waals surface area contributed by atoms with E-state index in [1.807, 2.05) is 18.4 Å². The molecule has 0 amide bonds. The van der Waals surface area contributed by atoms with Crippen LogP contribution in [0.25, 0.3) is 0 Å². The molecule has 1 aromatic heterocycles. The number of hydrogen-bond acceptors (Lipinski definition) is 3. The molecule has 0 unspecified atom stereocenters. The lowest BCUT2D eigenvalue weighted by molar-refractivity contribution is 0.110. The van der Waals surface area contributed by atoms with E-state index in [-0.39, 0.29) is 6.04 Å². The van der Waals surface area contributed by atoms with Crippen LogP contribution in [0.15, 0.2) is 6.20 Å². The predicted octanol–water partition coefficient (Wildman–Crippen LogP) is 1.42. The third-order valence-electron chi connectivity index (χ3n) is 1.82. The van der Waals surface area contributed by atoms with Gasteiger partial charge in [0.25, 0.3) is 0 Å². The Morgan fingerprint density at radius 2 is 2.38 bits per heavy atom. The average Bonchev–Trinajstić information content (AvgIpc) is 2.48. The van der Waals surface area contributed by atoms with Gasteiger partial charge in [0, 0.05) is 13.2 Å². The van der Waals surface area contributed by atoms with Gasteiger partial charge in [-0.15, -0.1) is 0 Å². The molecule has 0 aliphatic carbocycles. The van der Waals surface area contributed by atoms with Gasteiger partial charge in [-0.1, -0.05) is 0 Å². The van der Waals surface area contributed by atoms with E-state index in [0.717, 1.165) is 12.0 Å². The zero-order chi connectivity index (χ0) is 9.84. The summed E-state index contributed by atoms with van der Waals surface area (Å²) in [6.07, 6.45) is 2.44. The second kappa shape index (κ2) is 4.18. The number of imidazole rings is 1. The Morgan fingerprint density at radius 3 is 2.85 bits per heavy atom. The van der Waals surface area contributed by atoms with Crippen LogP contribution in [0.2, 0.25) is 0 Å². The van der Waals surface area contributed by atoms with E-state index >= 15 is 0 Å². The number of rotatable bonds is 4. The Bertz CT molecular complexity index is 292. The first kappa shape index (κ1) is 9.92. The van der Waals surface area contributed by atoms with E-state index in [0.29, 0.717) is 12.4 Å². The molecule has 4 nitrogen and oxygen atoms in total. The summed E-state index contributed by atoms with van der Waals surface area (Å²) >= 11 is 0. The van der Waals surface area contributed by atoms with Crippen LogP contribution in [-0.2, 0) is 11.3 Å². The Balaban J connectivity index is 3.06. The Kier molecular flexibility index (Phi) is 3.19. The molecule has 1 heterocycles. The van der Waals surface area contributed by atoms with Crippen LogP contribution in [-0.4, -0.2) is 22.9 Å². The van der Waals surface area contributed by atoms with Crippen LogP contribution in [0.4, 0.5) is 0 Å². The number of nitrogens with zero attached hydrogens (tertiary/aromatic N) is 2. The minimum absolute atomic E-state index is 0.229. The van der Waals surface area contributed by atoms with Gasteiger partial charge in [-0.2, -0.15) is 0 Å². The second-order valence-electron chi connectivity index (χ2n) is 3.12.